The fraction of sp³-hybridized carbons (Fsp3) is 0.273. The Morgan fingerprint density at radius 3 is 2.59 bits per heavy atom. The summed E-state index contributed by atoms with van der Waals surface area (Å²) in [7, 11) is 1.27. The standard InChI is InChI=1S/C11H10Cl2N2O2/c1-17-10(16)6-15-9(5-14)11-7(12)3-2-4-8(11)13/h2-4,9,15H,6H2,1H3. The monoisotopic (exact) mass is 272 g/mol. The summed E-state index contributed by atoms with van der Waals surface area (Å²) in [5.41, 5.74) is 0.460. The first-order valence-electron chi connectivity index (χ1n) is 4.74. The molecule has 0 radical (unpaired) electrons. The van der Waals surface area contributed by atoms with Crippen LogP contribution in [0, 0.1) is 11.3 Å². The number of hydrogen-bond acceptors (Lipinski definition) is 4. The lowest BCUT2D eigenvalue weighted by atomic mass is 10.1. The van der Waals surface area contributed by atoms with Crippen LogP contribution in [-0.2, 0) is 9.53 Å². The predicted octanol–water partition coefficient (Wildman–Crippen LogP) is 2.32. The van der Waals surface area contributed by atoms with Crippen molar-refractivity contribution in [3.63, 3.8) is 0 Å². The van der Waals surface area contributed by atoms with E-state index in [0.717, 1.165) is 0 Å². The van der Waals surface area contributed by atoms with Gasteiger partial charge in [-0.2, -0.15) is 5.26 Å². The maximum absolute atomic E-state index is 11.0. The molecule has 17 heavy (non-hydrogen) atoms. The maximum atomic E-state index is 11.0. The number of carbonyl (C=O) groups excluding carboxylic acids is 1. The van der Waals surface area contributed by atoms with Crippen molar-refractivity contribution in [2.75, 3.05) is 13.7 Å². The number of hydrogen-bond donors (Lipinski definition) is 1. The summed E-state index contributed by atoms with van der Waals surface area (Å²) in [6.07, 6.45) is 0. The van der Waals surface area contributed by atoms with Crippen LogP contribution in [0.3, 0.4) is 0 Å². The summed E-state index contributed by atoms with van der Waals surface area (Å²) in [5.74, 6) is -0.464. The molecule has 1 aromatic carbocycles. The molecular formula is C11H10Cl2N2O2. The third-order valence-electron chi connectivity index (χ3n) is 2.10. The van der Waals surface area contributed by atoms with Gasteiger partial charge < -0.3 is 4.74 Å². The summed E-state index contributed by atoms with van der Waals surface area (Å²) in [6, 6.07) is 6.18. The normalized spacial score (nSPS) is 11.6. The summed E-state index contributed by atoms with van der Waals surface area (Å²) in [6.45, 7) is -0.0870. The van der Waals surface area contributed by atoms with Crippen molar-refractivity contribution < 1.29 is 9.53 Å². The lowest BCUT2D eigenvalue weighted by molar-refractivity contribution is -0.139. The molecule has 0 heterocycles. The molecule has 1 N–H and O–H groups in total. The third-order valence-corrected chi connectivity index (χ3v) is 2.75. The molecule has 0 bridgehead atoms. The smallest absolute Gasteiger partial charge is 0.319 e. The van der Waals surface area contributed by atoms with E-state index in [0.29, 0.717) is 15.6 Å². The lowest BCUT2D eigenvalue weighted by Gasteiger charge is -2.13. The number of rotatable bonds is 4. The van der Waals surface area contributed by atoms with Gasteiger partial charge in [-0.1, -0.05) is 29.3 Å². The lowest BCUT2D eigenvalue weighted by Crippen LogP contribution is -2.27. The van der Waals surface area contributed by atoms with Crippen LogP contribution in [0.15, 0.2) is 18.2 Å². The zero-order chi connectivity index (χ0) is 12.8. The van der Waals surface area contributed by atoms with Gasteiger partial charge in [0, 0.05) is 15.6 Å². The first-order valence-corrected chi connectivity index (χ1v) is 5.49. The number of nitrogens with zero attached hydrogens (tertiary/aromatic N) is 1. The fourth-order valence-electron chi connectivity index (χ4n) is 1.26. The molecule has 1 unspecified atom stereocenters. The highest BCUT2D eigenvalue weighted by atomic mass is 35.5. The van der Waals surface area contributed by atoms with E-state index in [9.17, 15) is 4.79 Å². The Balaban J connectivity index is 2.88. The maximum Gasteiger partial charge on any atom is 0.319 e. The van der Waals surface area contributed by atoms with Gasteiger partial charge in [-0.3, -0.25) is 10.1 Å². The van der Waals surface area contributed by atoms with Crippen molar-refractivity contribution in [2.24, 2.45) is 0 Å². The van der Waals surface area contributed by atoms with Crippen LogP contribution < -0.4 is 5.32 Å². The van der Waals surface area contributed by atoms with Gasteiger partial charge in [0.2, 0.25) is 0 Å². The number of nitrogens with one attached hydrogen (secondary N) is 1. The van der Waals surface area contributed by atoms with Gasteiger partial charge in [-0.05, 0) is 12.1 Å². The number of benzene rings is 1. The van der Waals surface area contributed by atoms with E-state index in [1.165, 1.54) is 7.11 Å². The first kappa shape index (κ1) is 13.8. The molecule has 6 heteroatoms. The number of carbonyl (C=O) groups is 1. The second-order valence-corrected chi connectivity index (χ2v) is 3.97. The van der Waals surface area contributed by atoms with Gasteiger partial charge in [-0.15, -0.1) is 0 Å². The van der Waals surface area contributed by atoms with Crippen molar-refractivity contribution in [1.82, 2.24) is 5.32 Å². The number of esters is 1. The quantitative estimate of drug-likeness (QED) is 0.855. The molecule has 0 saturated carbocycles. The van der Waals surface area contributed by atoms with Crippen LogP contribution in [0.5, 0.6) is 0 Å². The van der Waals surface area contributed by atoms with Crippen molar-refractivity contribution in [2.45, 2.75) is 6.04 Å². The molecule has 0 aliphatic rings. The largest absolute Gasteiger partial charge is 0.468 e. The number of ether oxygens (including phenoxy) is 1. The van der Waals surface area contributed by atoms with Crippen LogP contribution in [0.4, 0.5) is 0 Å². The van der Waals surface area contributed by atoms with Crippen LogP contribution in [-0.4, -0.2) is 19.6 Å². The SMILES string of the molecule is COC(=O)CNC(C#N)c1c(Cl)cccc1Cl. The highest BCUT2D eigenvalue weighted by molar-refractivity contribution is 6.36. The molecule has 0 spiro atoms. The summed E-state index contributed by atoms with van der Waals surface area (Å²) >= 11 is 11.9. The van der Waals surface area contributed by atoms with Gasteiger partial charge in [0.05, 0.1) is 19.7 Å². The number of nitriles is 1. The van der Waals surface area contributed by atoms with E-state index < -0.39 is 12.0 Å². The Morgan fingerprint density at radius 2 is 2.12 bits per heavy atom. The van der Waals surface area contributed by atoms with Gasteiger partial charge in [-0.25, -0.2) is 0 Å². The van der Waals surface area contributed by atoms with Crippen molar-refractivity contribution in [1.29, 1.82) is 5.26 Å². The average Bonchev–Trinajstić information content (AvgIpc) is 2.32. The molecule has 0 fully saturated rings. The average molecular weight is 273 g/mol. The van der Waals surface area contributed by atoms with E-state index in [2.05, 4.69) is 10.1 Å². The molecule has 1 aromatic rings. The summed E-state index contributed by atoms with van der Waals surface area (Å²) < 4.78 is 4.46. The molecule has 90 valence electrons. The minimum atomic E-state index is -0.754. The summed E-state index contributed by atoms with van der Waals surface area (Å²) in [4.78, 5) is 11.0. The molecule has 0 aromatic heterocycles. The molecule has 0 amide bonds. The Kier molecular flexibility index (Phi) is 5.23. The topological polar surface area (TPSA) is 62.1 Å². The van der Waals surface area contributed by atoms with E-state index >= 15 is 0 Å². The van der Waals surface area contributed by atoms with Crippen LogP contribution in [0.2, 0.25) is 10.0 Å². The van der Waals surface area contributed by atoms with Gasteiger partial charge in [0.1, 0.15) is 6.04 Å². The molecule has 0 aliphatic carbocycles. The van der Waals surface area contributed by atoms with Gasteiger partial charge in [0.25, 0.3) is 0 Å². The zero-order valence-corrected chi connectivity index (χ0v) is 10.5. The fourth-order valence-corrected chi connectivity index (χ4v) is 1.87. The number of methoxy groups -OCH3 is 1. The van der Waals surface area contributed by atoms with E-state index in [4.69, 9.17) is 28.5 Å². The zero-order valence-electron chi connectivity index (χ0n) is 9.04. The Morgan fingerprint density at radius 1 is 1.53 bits per heavy atom. The minimum Gasteiger partial charge on any atom is -0.468 e. The Hall–Kier alpha value is -1.28. The Labute approximate surface area is 109 Å². The van der Waals surface area contributed by atoms with E-state index in [1.54, 1.807) is 18.2 Å². The molecule has 0 aliphatic heterocycles. The predicted molar refractivity (Wildman–Crippen MR) is 64.8 cm³/mol. The van der Waals surface area contributed by atoms with Crippen LogP contribution in [0.1, 0.15) is 11.6 Å². The van der Waals surface area contributed by atoms with Crippen molar-refractivity contribution in [3.05, 3.63) is 33.8 Å². The molecule has 1 rings (SSSR count). The first-order chi connectivity index (χ1) is 8.10. The molecule has 0 saturated heterocycles. The highest BCUT2D eigenvalue weighted by Gasteiger charge is 2.18. The van der Waals surface area contributed by atoms with Crippen LogP contribution >= 0.6 is 23.2 Å². The van der Waals surface area contributed by atoms with E-state index in [-0.39, 0.29) is 6.54 Å². The molecule has 1 atom stereocenters. The van der Waals surface area contributed by atoms with Crippen molar-refractivity contribution in [3.8, 4) is 6.07 Å². The van der Waals surface area contributed by atoms with E-state index in [1.807, 2.05) is 6.07 Å². The van der Waals surface area contributed by atoms with Crippen LogP contribution in [0.25, 0.3) is 0 Å². The second kappa shape index (κ2) is 6.45. The van der Waals surface area contributed by atoms with Crippen molar-refractivity contribution >= 4 is 29.2 Å². The molecule has 4 nitrogen and oxygen atoms in total. The number of halogens is 2. The Bertz CT molecular complexity index is 437. The van der Waals surface area contributed by atoms with Gasteiger partial charge >= 0.3 is 5.97 Å². The second-order valence-electron chi connectivity index (χ2n) is 3.15. The minimum absolute atomic E-state index is 0.0870. The highest BCUT2D eigenvalue weighted by Crippen LogP contribution is 2.29. The molecular weight excluding hydrogens is 263 g/mol. The summed E-state index contributed by atoms with van der Waals surface area (Å²) in [5, 5.41) is 12.5. The van der Waals surface area contributed by atoms with Gasteiger partial charge in [0.15, 0.2) is 0 Å². The third kappa shape index (κ3) is 3.60.